The highest BCUT2D eigenvalue weighted by atomic mass is 79.9. The zero-order valence-corrected chi connectivity index (χ0v) is 12.8. The lowest BCUT2D eigenvalue weighted by molar-refractivity contribution is 0.241. The highest BCUT2D eigenvalue weighted by Gasteiger charge is 2.03. The molecule has 3 nitrogen and oxygen atoms in total. The number of benzene rings is 2. The zero-order valence-electron chi connectivity index (χ0n) is 11.2. The van der Waals surface area contributed by atoms with Gasteiger partial charge in [-0.25, -0.2) is 4.39 Å². The molecule has 0 amide bonds. The monoisotopic (exact) mass is 349 g/mol. The van der Waals surface area contributed by atoms with Crippen LogP contribution in [0.25, 0.3) is 0 Å². The van der Waals surface area contributed by atoms with E-state index in [1.807, 2.05) is 6.07 Å². The Kier molecular flexibility index (Phi) is 5.59. The first-order chi connectivity index (χ1) is 10.2. The largest absolute Gasteiger partial charge is 0.493 e. The number of rotatable bonds is 6. The van der Waals surface area contributed by atoms with Crippen molar-refractivity contribution < 1.29 is 13.9 Å². The molecule has 0 saturated heterocycles. The minimum atomic E-state index is -0.391. The Balaban J connectivity index is 1.71. The van der Waals surface area contributed by atoms with E-state index in [0.29, 0.717) is 35.4 Å². The van der Waals surface area contributed by atoms with Crippen molar-refractivity contribution in [2.24, 2.45) is 0 Å². The van der Waals surface area contributed by atoms with E-state index in [0.717, 1.165) is 0 Å². The summed E-state index contributed by atoms with van der Waals surface area (Å²) < 4.78 is 25.0. The van der Waals surface area contributed by atoms with Crippen molar-refractivity contribution in [3.8, 4) is 17.6 Å². The van der Waals surface area contributed by atoms with E-state index in [2.05, 4.69) is 15.9 Å². The number of ether oxygens (including phenoxy) is 2. The predicted molar refractivity (Wildman–Crippen MR) is 80.9 cm³/mol. The van der Waals surface area contributed by atoms with Gasteiger partial charge in [0.05, 0.1) is 24.8 Å². The van der Waals surface area contributed by atoms with E-state index in [4.69, 9.17) is 14.7 Å². The molecular weight excluding hydrogens is 337 g/mol. The van der Waals surface area contributed by atoms with E-state index in [9.17, 15) is 4.39 Å². The summed E-state index contributed by atoms with van der Waals surface area (Å²) in [5.74, 6) is 0.540. The van der Waals surface area contributed by atoms with Gasteiger partial charge in [0.1, 0.15) is 5.75 Å². The molecule has 0 atom stereocenters. The van der Waals surface area contributed by atoms with Gasteiger partial charge < -0.3 is 9.47 Å². The van der Waals surface area contributed by atoms with Gasteiger partial charge in [0.2, 0.25) is 0 Å². The lowest BCUT2D eigenvalue weighted by Gasteiger charge is -2.09. The highest BCUT2D eigenvalue weighted by molar-refractivity contribution is 9.10. The molecule has 0 unspecified atom stereocenters. The van der Waals surface area contributed by atoms with Gasteiger partial charge in [-0.15, -0.1) is 0 Å². The van der Waals surface area contributed by atoms with Crippen molar-refractivity contribution in [2.75, 3.05) is 13.2 Å². The van der Waals surface area contributed by atoms with Crippen LogP contribution >= 0.6 is 15.9 Å². The van der Waals surface area contributed by atoms with E-state index in [1.165, 1.54) is 6.07 Å². The molecule has 2 aromatic carbocycles. The summed E-state index contributed by atoms with van der Waals surface area (Å²) in [6, 6.07) is 13.6. The van der Waals surface area contributed by atoms with Gasteiger partial charge in [0.15, 0.2) is 11.6 Å². The molecule has 5 heteroatoms. The highest BCUT2D eigenvalue weighted by Crippen LogP contribution is 2.21. The molecule has 108 valence electrons. The van der Waals surface area contributed by atoms with Crippen LogP contribution in [0.3, 0.4) is 0 Å². The van der Waals surface area contributed by atoms with Crippen molar-refractivity contribution >= 4 is 15.9 Å². The molecule has 2 aromatic rings. The molecule has 0 saturated carbocycles. The zero-order chi connectivity index (χ0) is 15.1. The molecule has 21 heavy (non-hydrogen) atoms. The Bertz CT molecular complexity index is 638. The van der Waals surface area contributed by atoms with Gasteiger partial charge in [0.25, 0.3) is 0 Å². The summed E-state index contributed by atoms with van der Waals surface area (Å²) in [5.41, 5.74) is 0.594. The quantitative estimate of drug-likeness (QED) is 0.729. The smallest absolute Gasteiger partial charge is 0.166 e. The van der Waals surface area contributed by atoms with Crippen molar-refractivity contribution in [3.63, 3.8) is 0 Å². The van der Waals surface area contributed by atoms with Gasteiger partial charge in [-0.3, -0.25) is 0 Å². The third-order valence-corrected chi connectivity index (χ3v) is 3.19. The first-order valence-corrected chi connectivity index (χ1v) is 7.19. The van der Waals surface area contributed by atoms with Crippen LogP contribution in [0.15, 0.2) is 46.9 Å². The summed E-state index contributed by atoms with van der Waals surface area (Å²) in [7, 11) is 0. The maximum Gasteiger partial charge on any atom is 0.166 e. The minimum absolute atomic E-state index is 0.233. The fourth-order valence-corrected chi connectivity index (χ4v) is 1.98. The van der Waals surface area contributed by atoms with Crippen LogP contribution in [0.5, 0.6) is 11.5 Å². The normalized spacial score (nSPS) is 9.95. The van der Waals surface area contributed by atoms with Gasteiger partial charge in [0, 0.05) is 10.9 Å². The maximum absolute atomic E-state index is 13.5. The number of halogens is 2. The van der Waals surface area contributed by atoms with Crippen LogP contribution in [-0.4, -0.2) is 13.2 Å². The maximum atomic E-state index is 13.5. The summed E-state index contributed by atoms with van der Waals surface area (Å²) in [5, 5.41) is 8.68. The Morgan fingerprint density at radius 3 is 2.43 bits per heavy atom. The molecule has 0 fully saturated rings. The first-order valence-electron chi connectivity index (χ1n) is 6.40. The number of nitrogens with zero attached hydrogens (tertiary/aromatic N) is 1. The Morgan fingerprint density at radius 1 is 1.05 bits per heavy atom. The third kappa shape index (κ3) is 4.76. The average Bonchev–Trinajstić information content (AvgIpc) is 2.49. The van der Waals surface area contributed by atoms with E-state index in [-0.39, 0.29) is 5.75 Å². The summed E-state index contributed by atoms with van der Waals surface area (Å²) >= 11 is 3.19. The molecular formula is C16H13BrFNO2. The molecule has 0 aliphatic heterocycles. The number of hydrogen-bond acceptors (Lipinski definition) is 3. The first kappa shape index (κ1) is 15.3. The Morgan fingerprint density at radius 2 is 1.76 bits per heavy atom. The summed E-state index contributed by atoms with van der Waals surface area (Å²) in [6.45, 7) is 0.832. The predicted octanol–water partition coefficient (Wildman–Crippen LogP) is 4.31. The minimum Gasteiger partial charge on any atom is -0.493 e. The van der Waals surface area contributed by atoms with Crippen molar-refractivity contribution in [1.29, 1.82) is 5.26 Å². The van der Waals surface area contributed by atoms with Crippen molar-refractivity contribution in [2.45, 2.75) is 6.42 Å². The summed E-state index contributed by atoms with van der Waals surface area (Å²) in [6.07, 6.45) is 0.634. The molecule has 0 aromatic heterocycles. The second-order valence-electron chi connectivity index (χ2n) is 4.26. The molecule has 2 rings (SSSR count). The van der Waals surface area contributed by atoms with Crippen LogP contribution in [0.4, 0.5) is 4.39 Å². The van der Waals surface area contributed by atoms with Gasteiger partial charge in [-0.2, -0.15) is 5.26 Å². The Labute approximate surface area is 131 Å². The van der Waals surface area contributed by atoms with Crippen LogP contribution in [0.2, 0.25) is 0 Å². The van der Waals surface area contributed by atoms with Crippen LogP contribution in [0.1, 0.15) is 12.0 Å². The lowest BCUT2D eigenvalue weighted by Crippen LogP contribution is -2.05. The number of nitriles is 1. The van der Waals surface area contributed by atoms with Gasteiger partial charge in [-0.05, 0) is 42.5 Å². The van der Waals surface area contributed by atoms with Crippen molar-refractivity contribution in [1.82, 2.24) is 0 Å². The summed E-state index contributed by atoms with van der Waals surface area (Å²) in [4.78, 5) is 0. The second-order valence-corrected chi connectivity index (χ2v) is 5.18. The van der Waals surface area contributed by atoms with Crippen LogP contribution in [-0.2, 0) is 0 Å². The van der Waals surface area contributed by atoms with E-state index < -0.39 is 5.82 Å². The molecule has 0 bridgehead atoms. The fraction of sp³-hybridized carbons (Fsp3) is 0.188. The molecule has 0 N–H and O–H groups in total. The second kappa shape index (κ2) is 7.65. The molecule has 0 aliphatic rings. The van der Waals surface area contributed by atoms with Crippen LogP contribution < -0.4 is 9.47 Å². The SMILES string of the molecule is N#Cc1ccc(OCCCOc2ccc(Br)cc2F)cc1. The van der Waals surface area contributed by atoms with Crippen LogP contribution in [0, 0.1) is 17.1 Å². The average molecular weight is 350 g/mol. The third-order valence-electron chi connectivity index (χ3n) is 2.69. The standard InChI is InChI=1S/C16H13BrFNO2/c17-13-4-7-16(15(18)10-13)21-9-1-8-20-14-5-2-12(11-19)3-6-14/h2-7,10H,1,8-9H2. The topological polar surface area (TPSA) is 42.2 Å². The Hall–Kier alpha value is -2.06. The number of hydrogen-bond donors (Lipinski definition) is 0. The van der Waals surface area contributed by atoms with Gasteiger partial charge in [-0.1, -0.05) is 15.9 Å². The van der Waals surface area contributed by atoms with Gasteiger partial charge >= 0.3 is 0 Å². The van der Waals surface area contributed by atoms with E-state index >= 15 is 0 Å². The van der Waals surface area contributed by atoms with Crippen molar-refractivity contribution in [3.05, 3.63) is 58.3 Å². The van der Waals surface area contributed by atoms with E-state index in [1.54, 1.807) is 36.4 Å². The molecule has 0 aliphatic carbocycles. The molecule has 0 heterocycles. The molecule has 0 spiro atoms. The lowest BCUT2D eigenvalue weighted by atomic mass is 10.2. The molecule has 0 radical (unpaired) electrons. The fourth-order valence-electron chi connectivity index (χ4n) is 1.65.